The molecule has 3 aromatic rings. The van der Waals surface area contributed by atoms with E-state index in [-0.39, 0.29) is 27.7 Å². The second-order valence-electron chi connectivity index (χ2n) is 8.22. The van der Waals surface area contributed by atoms with Gasteiger partial charge in [0, 0.05) is 5.69 Å². The van der Waals surface area contributed by atoms with Crippen molar-refractivity contribution in [2.75, 3.05) is 16.8 Å². The molecule has 0 aliphatic carbocycles. The van der Waals surface area contributed by atoms with Gasteiger partial charge >= 0.3 is 11.9 Å². The number of ether oxygens (including phenoxy) is 2. The first kappa shape index (κ1) is 26.6. The number of nitrogens with one attached hydrogen (secondary N) is 1. The summed E-state index contributed by atoms with van der Waals surface area (Å²) in [5.41, 5.74) is 0.994. The Labute approximate surface area is 222 Å². The van der Waals surface area contributed by atoms with Gasteiger partial charge in [0.05, 0.1) is 23.4 Å². The maximum atomic E-state index is 13.0. The number of imide groups is 1. The number of anilines is 2. The van der Waals surface area contributed by atoms with Crippen molar-refractivity contribution in [1.29, 1.82) is 0 Å². The molecule has 1 aliphatic rings. The highest BCUT2D eigenvalue weighted by Crippen LogP contribution is 2.30. The third-order valence-electron chi connectivity index (χ3n) is 5.53. The molecule has 38 heavy (non-hydrogen) atoms. The second-order valence-corrected chi connectivity index (χ2v) is 8.59. The number of hydrogen-bond donors (Lipinski definition) is 1. The van der Waals surface area contributed by atoms with E-state index in [1.54, 1.807) is 0 Å². The van der Waals surface area contributed by atoms with Crippen LogP contribution in [0.1, 0.15) is 40.5 Å². The van der Waals surface area contributed by atoms with Crippen molar-refractivity contribution >= 4 is 46.7 Å². The van der Waals surface area contributed by atoms with E-state index in [2.05, 4.69) is 5.32 Å². The number of benzene rings is 3. The fourth-order valence-corrected chi connectivity index (χ4v) is 3.70. The largest absolute Gasteiger partial charge is 0.462 e. The van der Waals surface area contributed by atoms with Crippen LogP contribution in [0.15, 0.2) is 83.5 Å². The van der Waals surface area contributed by atoms with E-state index < -0.39 is 29.6 Å². The van der Waals surface area contributed by atoms with E-state index in [1.165, 1.54) is 72.8 Å². The van der Waals surface area contributed by atoms with Crippen molar-refractivity contribution < 1.29 is 33.0 Å². The van der Waals surface area contributed by atoms with Gasteiger partial charge in [0.15, 0.2) is 0 Å². The summed E-state index contributed by atoms with van der Waals surface area (Å²) < 4.78 is 23.4. The number of carbonyl (C=O) groups excluding carboxylic acids is 4. The number of hydrogen-bond acceptors (Lipinski definition) is 7. The lowest BCUT2D eigenvalue weighted by atomic mass is 10.2. The topological polar surface area (TPSA) is 102 Å². The molecular weight excluding hydrogens is 515 g/mol. The monoisotopic (exact) mass is 536 g/mol. The lowest BCUT2D eigenvalue weighted by Crippen LogP contribution is -2.32. The van der Waals surface area contributed by atoms with Gasteiger partial charge in [-0.2, -0.15) is 0 Å². The Hall–Kier alpha value is -4.50. The van der Waals surface area contributed by atoms with Gasteiger partial charge in [-0.3, -0.25) is 9.59 Å². The van der Waals surface area contributed by atoms with E-state index in [9.17, 15) is 23.6 Å². The average Bonchev–Trinajstić information content (AvgIpc) is 3.13. The number of halogens is 2. The summed E-state index contributed by atoms with van der Waals surface area (Å²) in [6.45, 7) is 2.29. The fourth-order valence-electron chi connectivity index (χ4n) is 3.49. The molecule has 1 aliphatic heterocycles. The average molecular weight is 537 g/mol. The van der Waals surface area contributed by atoms with E-state index in [1.807, 2.05) is 6.92 Å². The minimum Gasteiger partial charge on any atom is -0.462 e. The minimum absolute atomic E-state index is 0.138. The van der Waals surface area contributed by atoms with E-state index in [0.29, 0.717) is 17.9 Å². The summed E-state index contributed by atoms with van der Waals surface area (Å²) >= 11 is 6.18. The SMILES string of the molecule is CCCCOC(=O)c1ccc(N2C(=O)C(Cl)=C(Nc3ccc(C(=O)Oc4ccc(F)cc4)cc3)C2=O)cc1. The normalized spacial score (nSPS) is 13.1. The summed E-state index contributed by atoms with van der Waals surface area (Å²) in [4.78, 5) is 51.1. The molecular formula is C28H22ClFN2O6. The molecule has 1 N–H and O–H groups in total. The zero-order chi connectivity index (χ0) is 27.2. The van der Waals surface area contributed by atoms with Gasteiger partial charge in [-0.05, 0) is 79.2 Å². The molecule has 0 saturated carbocycles. The molecule has 0 saturated heterocycles. The van der Waals surface area contributed by atoms with Crippen LogP contribution < -0.4 is 15.0 Å². The summed E-state index contributed by atoms with van der Waals surface area (Å²) in [5, 5.41) is 2.51. The molecule has 0 unspecified atom stereocenters. The molecule has 1 heterocycles. The highest BCUT2D eigenvalue weighted by Gasteiger charge is 2.39. The predicted molar refractivity (Wildman–Crippen MR) is 138 cm³/mol. The number of amides is 2. The number of unbranched alkanes of at least 4 members (excludes halogenated alkanes) is 1. The molecule has 10 heteroatoms. The van der Waals surface area contributed by atoms with Gasteiger partial charge in [0.25, 0.3) is 11.8 Å². The molecule has 0 atom stereocenters. The number of esters is 2. The van der Waals surface area contributed by atoms with Crippen molar-refractivity contribution in [2.24, 2.45) is 0 Å². The number of carbonyl (C=O) groups is 4. The molecule has 2 amide bonds. The Morgan fingerprint density at radius 1 is 0.868 bits per heavy atom. The zero-order valence-electron chi connectivity index (χ0n) is 20.2. The summed E-state index contributed by atoms with van der Waals surface area (Å²) in [6.07, 6.45) is 1.65. The summed E-state index contributed by atoms with van der Waals surface area (Å²) in [6, 6.07) is 16.8. The Kier molecular flexibility index (Phi) is 8.18. The van der Waals surface area contributed by atoms with Gasteiger partial charge < -0.3 is 14.8 Å². The lowest BCUT2D eigenvalue weighted by Gasteiger charge is -2.15. The molecule has 8 nitrogen and oxygen atoms in total. The molecule has 3 aromatic carbocycles. The van der Waals surface area contributed by atoms with E-state index in [4.69, 9.17) is 21.1 Å². The van der Waals surface area contributed by atoms with Crippen molar-refractivity contribution in [3.05, 3.63) is 100 Å². The maximum absolute atomic E-state index is 13.0. The molecule has 194 valence electrons. The first-order valence-electron chi connectivity index (χ1n) is 11.7. The molecule has 0 aromatic heterocycles. The van der Waals surface area contributed by atoms with Gasteiger partial charge in [-0.15, -0.1) is 0 Å². The van der Waals surface area contributed by atoms with Gasteiger partial charge in [-0.1, -0.05) is 24.9 Å². The zero-order valence-corrected chi connectivity index (χ0v) is 21.0. The third kappa shape index (κ3) is 5.90. The fraction of sp³-hybridized carbons (Fsp3) is 0.143. The van der Waals surface area contributed by atoms with Crippen LogP contribution in [0.2, 0.25) is 0 Å². The summed E-state index contributed by atoms with van der Waals surface area (Å²) in [7, 11) is 0. The Morgan fingerprint density at radius 3 is 2.11 bits per heavy atom. The van der Waals surface area contributed by atoms with E-state index >= 15 is 0 Å². The summed E-state index contributed by atoms with van der Waals surface area (Å²) in [5.74, 6) is -2.82. The van der Waals surface area contributed by atoms with Crippen molar-refractivity contribution in [3.8, 4) is 5.75 Å². The Morgan fingerprint density at radius 2 is 1.47 bits per heavy atom. The first-order chi connectivity index (χ1) is 18.3. The molecule has 0 radical (unpaired) electrons. The highest BCUT2D eigenvalue weighted by molar-refractivity contribution is 6.53. The highest BCUT2D eigenvalue weighted by atomic mass is 35.5. The van der Waals surface area contributed by atoms with Crippen LogP contribution in [0.3, 0.4) is 0 Å². The maximum Gasteiger partial charge on any atom is 0.343 e. The standard InChI is InChI=1S/C28H22ClFN2O6/c1-2-3-16-37-27(35)17-6-12-21(13-7-17)32-25(33)23(29)24(26(32)34)31-20-10-4-18(5-11-20)28(36)38-22-14-8-19(30)9-15-22/h4-15,31H,2-3,16H2,1H3. The van der Waals surface area contributed by atoms with Crippen molar-refractivity contribution in [3.63, 3.8) is 0 Å². The minimum atomic E-state index is -0.725. The third-order valence-corrected chi connectivity index (χ3v) is 5.88. The van der Waals surface area contributed by atoms with Crippen molar-refractivity contribution in [2.45, 2.75) is 19.8 Å². The van der Waals surface area contributed by atoms with Crippen LogP contribution in [-0.2, 0) is 14.3 Å². The first-order valence-corrected chi connectivity index (χ1v) is 12.1. The predicted octanol–water partition coefficient (Wildman–Crippen LogP) is 5.44. The smallest absolute Gasteiger partial charge is 0.343 e. The van der Waals surface area contributed by atoms with Crippen LogP contribution in [0.25, 0.3) is 0 Å². The molecule has 0 spiro atoms. The van der Waals surface area contributed by atoms with Gasteiger partial charge in [-0.25, -0.2) is 18.9 Å². The quantitative estimate of drug-likeness (QED) is 0.168. The number of nitrogens with zero attached hydrogens (tertiary/aromatic N) is 1. The van der Waals surface area contributed by atoms with Crippen LogP contribution in [0.4, 0.5) is 15.8 Å². The van der Waals surface area contributed by atoms with Crippen LogP contribution in [0, 0.1) is 5.82 Å². The van der Waals surface area contributed by atoms with Gasteiger partial charge in [0.2, 0.25) is 0 Å². The lowest BCUT2D eigenvalue weighted by molar-refractivity contribution is -0.120. The van der Waals surface area contributed by atoms with Gasteiger partial charge in [0.1, 0.15) is 22.3 Å². The van der Waals surface area contributed by atoms with Crippen LogP contribution in [-0.4, -0.2) is 30.4 Å². The van der Waals surface area contributed by atoms with Crippen molar-refractivity contribution in [1.82, 2.24) is 0 Å². The Balaban J connectivity index is 1.41. The van der Waals surface area contributed by atoms with Crippen LogP contribution in [0.5, 0.6) is 5.75 Å². The Bertz CT molecular complexity index is 1400. The molecule has 0 fully saturated rings. The second kappa shape index (κ2) is 11.7. The molecule has 4 rings (SSSR count). The number of rotatable bonds is 9. The van der Waals surface area contributed by atoms with E-state index in [0.717, 1.165) is 17.7 Å². The van der Waals surface area contributed by atoms with Crippen LogP contribution >= 0.6 is 11.6 Å². The molecule has 0 bridgehead atoms.